The summed E-state index contributed by atoms with van der Waals surface area (Å²) in [4.78, 5) is 25.3. The van der Waals surface area contributed by atoms with Crippen LogP contribution in [0.1, 0.15) is 39.5 Å². The van der Waals surface area contributed by atoms with E-state index in [0.717, 1.165) is 32.2 Å². The largest absolute Gasteiger partial charge is 0.453 e. The molecule has 1 heterocycles. The van der Waals surface area contributed by atoms with Crippen LogP contribution in [0.3, 0.4) is 0 Å². The van der Waals surface area contributed by atoms with Gasteiger partial charge in [-0.05, 0) is 25.7 Å². The first-order valence-corrected chi connectivity index (χ1v) is 6.75. The second-order valence-electron chi connectivity index (χ2n) is 4.77. The van der Waals surface area contributed by atoms with Gasteiger partial charge in [-0.3, -0.25) is 4.79 Å². The van der Waals surface area contributed by atoms with Crippen molar-refractivity contribution >= 4 is 12.0 Å². The zero-order valence-corrected chi connectivity index (χ0v) is 11.6. The van der Waals surface area contributed by atoms with Gasteiger partial charge in [0.15, 0.2) is 0 Å². The van der Waals surface area contributed by atoms with Gasteiger partial charge in [0.25, 0.3) is 0 Å². The van der Waals surface area contributed by atoms with Crippen molar-refractivity contribution in [3.63, 3.8) is 0 Å². The van der Waals surface area contributed by atoms with Crippen LogP contribution in [0.4, 0.5) is 4.79 Å². The predicted molar refractivity (Wildman–Crippen MR) is 69.2 cm³/mol. The van der Waals surface area contributed by atoms with Crippen LogP contribution >= 0.6 is 0 Å². The van der Waals surface area contributed by atoms with Crippen LogP contribution in [0, 0.1) is 5.92 Å². The Labute approximate surface area is 109 Å². The molecule has 0 spiro atoms. The molecule has 0 aromatic heterocycles. The van der Waals surface area contributed by atoms with Crippen molar-refractivity contribution in [3.05, 3.63) is 0 Å². The Balaban J connectivity index is 2.52. The molecule has 1 rings (SSSR count). The summed E-state index contributed by atoms with van der Waals surface area (Å²) < 4.78 is 4.58. The molecule has 5 heteroatoms. The number of methoxy groups -OCH3 is 1. The minimum absolute atomic E-state index is 0.0181. The van der Waals surface area contributed by atoms with Gasteiger partial charge >= 0.3 is 6.09 Å². The molecule has 0 aliphatic carbocycles. The molecule has 1 atom stereocenters. The van der Waals surface area contributed by atoms with Crippen LogP contribution < -0.4 is 5.32 Å². The molecule has 0 aromatic carbocycles. The summed E-state index contributed by atoms with van der Waals surface area (Å²) in [6.07, 6.45) is 3.17. The summed E-state index contributed by atoms with van der Waals surface area (Å²) in [6, 6.07) is 0.0181. The normalized spacial score (nSPS) is 19.8. The molecule has 1 fully saturated rings. The molecule has 18 heavy (non-hydrogen) atoms. The molecule has 1 unspecified atom stereocenters. The number of ether oxygens (including phenoxy) is 1. The van der Waals surface area contributed by atoms with E-state index in [4.69, 9.17) is 0 Å². The molecule has 5 nitrogen and oxygen atoms in total. The second kappa shape index (κ2) is 7.24. The van der Waals surface area contributed by atoms with Crippen LogP contribution in [0.25, 0.3) is 0 Å². The van der Waals surface area contributed by atoms with Gasteiger partial charge in [0.1, 0.15) is 0 Å². The highest BCUT2D eigenvalue weighted by molar-refractivity contribution is 5.79. The van der Waals surface area contributed by atoms with E-state index in [1.165, 1.54) is 7.11 Å². The molecule has 0 bridgehead atoms. The number of alkyl carbamates (subject to hydrolysis) is 1. The van der Waals surface area contributed by atoms with E-state index in [1.807, 2.05) is 18.7 Å². The highest BCUT2D eigenvalue weighted by atomic mass is 16.5. The molecule has 0 radical (unpaired) electrons. The number of likely N-dealkylation sites (tertiary alicyclic amines) is 1. The van der Waals surface area contributed by atoms with E-state index in [-0.39, 0.29) is 17.9 Å². The Hall–Kier alpha value is -1.26. The Morgan fingerprint density at radius 2 is 2.06 bits per heavy atom. The van der Waals surface area contributed by atoms with Gasteiger partial charge < -0.3 is 15.0 Å². The minimum Gasteiger partial charge on any atom is -0.453 e. The van der Waals surface area contributed by atoms with Gasteiger partial charge in [0, 0.05) is 25.0 Å². The quantitative estimate of drug-likeness (QED) is 0.834. The van der Waals surface area contributed by atoms with Gasteiger partial charge in [0.2, 0.25) is 5.91 Å². The highest BCUT2D eigenvalue weighted by Gasteiger charge is 2.27. The lowest BCUT2D eigenvalue weighted by molar-refractivity contribution is -0.137. The molecule has 1 N–H and O–H groups in total. The lowest BCUT2D eigenvalue weighted by atomic mass is 9.98. The number of carbonyl (C=O) groups excluding carboxylic acids is 2. The number of hydrogen-bond acceptors (Lipinski definition) is 3. The first-order chi connectivity index (χ1) is 8.62. The molecule has 0 saturated carbocycles. The van der Waals surface area contributed by atoms with Gasteiger partial charge in [-0.25, -0.2) is 4.79 Å². The number of carbonyl (C=O) groups is 2. The molecule has 1 aliphatic heterocycles. The Kier molecular flexibility index (Phi) is 5.95. The van der Waals surface area contributed by atoms with E-state index in [2.05, 4.69) is 10.1 Å². The zero-order chi connectivity index (χ0) is 13.5. The fourth-order valence-electron chi connectivity index (χ4n) is 2.42. The van der Waals surface area contributed by atoms with Crippen molar-refractivity contribution in [2.75, 3.05) is 20.2 Å². The second-order valence-corrected chi connectivity index (χ2v) is 4.77. The summed E-state index contributed by atoms with van der Waals surface area (Å²) in [7, 11) is 1.35. The fraction of sp³-hybridized carbons (Fsp3) is 0.846. The monoisotopic (exact) mass is 256 g/mol. The first kappa shape index (κ1) is 14.8. The Bertz CT molecular complexity index is 290. The molecule has 2 amide bonds. The van der Waals surface area contributed by atoms with E-state index in [9.17, 15) is 9.59 Å². The molecule has 0 aromatic rings. The number of nitrogens with zero attached hydrogens (tertiary/aromatic N) is 1. The Morgan fingerprint density at radius 1 is 1.39 bits per heavy atom. The van der Waals surface area contributed by atoms with Gasteiger partial charge in [-0.1, -0.05) is 13.8 Å². The van der Waals surface area contributed by atoms with Crippen LogP contribution in [0.15, 0.2) is 0 Å². The minimum atomic E-state index is -0.420. The molecule has 104 valence electrons. The topological polar surface area (TPSA) is 58.6 Å². The number of piperidine rings is 1. The number of nitrogens with one attached hydrogen (secondary N) is 1. The van der Waals surface area contributed by atoms with E-state index in [1.54, 1.807) is 0 Å². The van der Waals surface area contributed by atoms with Crippen molar-refractivity contribution in [1.82, 2.24) is 10.2 Å². The van der Waals surface area contributed by atoms with E-state index < -0.39 is 6.09 Å². The molecule has 1 saturated heterocycles. The van der Waals surface area contributed by atoms with Crippen molar-refractivity contribution in [3.8, 4) is 0 Å². The average Bonchev–Trinajstić information content (AvgIpc) is 2.40. The van der Waals surface area contributed by atoms with Crippen molar-refractivity contribution in [1.29, 1.82) is 0 Å². The number of hydrogen-bond donors (Lipinski definition) is 1. The van der Waals surface area contributed by atoms with Gasteiger partial charge in [-0.15, -0.1) is 0 Å². The van der Waals surface area contributed by atoms with Gasteiger partial charge in [-0.2, -0.15) is 0 Å². The SMILES string of the molecule is CCC(CC)C(=O)N1CCCC(NC(=O)OC)C1. The predicted octanol–water partition coefficient (Wildman–Crippen LogP) is 1.77. The maximum Gasteiger partial charge on any atom is 0.407 e. The van der Waals surface area contributed by atoms with Crippen molar-refractivity contribution in [2.24, 2.45) is 5.92 Å². The van der Waals surface area contributed by atoms with Crippen molar-refractivity contribution in [2.45, 2.75) is 45.6 Å². The van der Waals surface area contributed by atoms with Crippen LogP contribution in [0.2, 0.25) is 0 Å². The number of rotatable bonds is 4. The third kappa shape index (κ3) is 3.89. The Morgan fingerprint density at radius 3 is 2.61 bits per heavy atom. The van der Waals surface area contributed by atoms with Crippen LogP contribution in [-0.4, -0.2) is 43.1 Å². The maximum absolute atomic E-state index is 12.2. The standard InChI is InChI=1S/C13H24N2O3/c1-4-10(5-2)12(16)15-8-6-7-11(9-15)14-13(17)18-3/h10-11H,4-9H2,1-3H3,(H,14,17). The van der Waals surface area contributed by atoms with E-state index >= 15 is 0 Å². The first-order valence-electron chi connectivity index (χ1n) is 6.75. The third-order valence-electron chi connectivity index (χ3n) is 3.58. The third-order valence-corrected chi connectivity index (χ3v) is 3.58. The van der Waals surface area contributed by atoms with Crippen LogP contribution in [0.5, 0.6) is 0 Å². The summed E-state index contributed by atoms with van der Waals surface area (Å²) >= 11 is 0. The molecule has 1 aliphatic rings. The smallest absolute Gasteiger partial charge is 0.407 e. The average molecular weight is 256 g/mol. The lowest BCUT2D eigenvalue weighted by Crippen LogP contribution is -2.50. The van der Waals surface area contributed by atoms with Crippen molar-refractivity contribution < 1.29 is 14.3 Å². The molecular formula is C13H24N2O3. The summed E-state index contributed by atoms with van der Waals surface area (Å²) in [6.45, 7) is 5.49. The summed E-state index contributed by atoms with van der Waals surface area (Å²) in [5, 5.41) is 2.77. The zero-order valence-electron chi connectivity index (χ0n) is 11.6. The maximum atomic E-state index is 12.2. The highest BCUT2D eigenvalue weighted by Crippen LogP contribution is 2.17. The van der Waals surface area contributed by atoms with E-state index in [0.29, 0.717) is 6.54 Å². The van der Waals surface area contributed by atoms with Crippen LogP contribution in [-0.2, 0) is 9.53 Å². The fourth-order valence-corrected chi connectivity index (χ4v) is 2.42. The summed E-state index contributed by atoms with van der Waals surface area (Å²) in [5.41, 5.74) is 0. The number of amides is 2. The van der Waals surface area contributed by atoms with Gasteiger partial charge in [0.05, 0.1) is 7.11 Å². The summed E-state index contributed by atoms with van der Waals surface area (Å²) in [5.74, 6) is 0.332. The lowest BCUT2D eigenvalue weighted by Gasteiger charge is -2.34. The molecular weight excluding hydrogens is 232 g/mol.